The molecule has 6 heteroatoms. The zero-order valence-corrected chi connectivity index (χ0v) is 17.6. The highest BCUT2D eigenvalue weighted by atomic mass is 32.1. The van der Waals surface area contributed by atoms with Gasteiger partial charge in [0.05, 0.1) is 12.2 Å². The van der Waals surface area contributed by atoms with E-state index in [9.17, 15) is 9.59 Å². The molecule has 1 saturated heterocycles. The molecule has 0 saturated carbocycles. The molecule has 1 fully saturated rings. The van der Waals surface area contributed by atoms with E-state index in [4.69, 9.17) is 0 Å². The summed E-state index contributed by atoms with van der Waals surface area (Å²) in [7, 11) is 0. The third-order valence-electron chi connectivity index (χ3n) is 5.27. The van der Waals surface area contributed by atoms with E-state index in [-0.39, 0.29) is 30.6 Å². The van der Waals surface area contributed by atoms with Gasteiger partial charge in [0.2, 0.25) is 5.91 Å². The van der Waals surface area contributed by atoms with E-state index in [0.717, 1.165) is 53.4 Å². The van der Waals surface area contributed by atoms with Crippen LogP contribution in [0.3, 0.4) is 0 Å². The largest absolute Gasteiger partial charge is 0.334 e. The number of amides is 1. The Kier molecular flexibility index (Phi) is 7.34. The highest BCUT2D eigenvalue weighted by molar-refractivity contribution is 7.12. The maximum atomic E-state index is 13.1. The van der Waals surface area contributed by atoms with Gasteiger partial charge in [0, 0.05) is 40.4 Å². The van der Waals surface area contributed by atoms with Crippen molar-refractivity contribution < 1.29 is 9.59 Å². The number of thiophene rings is 1. The normalized spacial score (nSPS) is 17.1. The second kappa shape index (κ2) is 9.94. The molecule has 3 heterocycles. The number of carbonyl (C=O) groups excluding carboxylic acids is 2. The molecule has 0 spiro atoms. The quantitative estimate of drug-likeness (QED) is 0.718. The number of nitrogens with one attached hydrogen (secondary N) is 1. The number of aromatic nitrogens is 1. The van der Waals surface area contributed by atoms with Gasteiger partial charge in [-0.2, -0.15) is 0 Å². The van der Waals surface area contributed by atoms with Crippen molar-refractivity contribution in [3.8, 4) is 0 Å². The zero-order chi connectivity index (χ0) is 19.9. The molecule has 1 N–H and O–H groups in total. The smallest absolute Gasteiger partial charge is 0.223 e. The number of carbonyl (C=O) groups is 2. The van der Waals surface area contributed by atoms with Crippen LogP contribution in [0, 0.1) is 13.8 Å². The van der Waals surface area contributed by atoms with Crippen LogP contribution in [0.4, 0.5) is 0 Å². The fourth-order valence-electron chi connectivity index (χ4n) is 3.81. The molecule has 150 valence electrons. The Morgan fingerprint density at radius 2 is 2.07 bits per heavy atom. The first-order valence-electron chi connectivity index (χ1n) is 10.0. The molecule has 0 bridgehead atoms. The van der Waals surface area contributed by atoms with Crippen LogP contribution >= 0.6 is 11.3 Å². The zero-order valence-electron chi connectivity index (χ0n) is 16.7. The maximum Gasteiger partial charge on any atom is 0.223 e. The van der Waals surface area contributed by atoms with E-state index < -0.39 is 0 Å². The first-order valence-corrected chi connectivity index (χ1v) is 10.9. The predicted octanol–water partition coefficient (Wildman–Crippen LogP) is 3.89. The minimum atomic E-state index is 0.0514. The van der Waals surface area contributed by atoms with E-state index in [2.05, 4.69) is 10.3 Å². The first-order chi connectivity index (χ1) is 13.5. The Morgan fingerprint density at radius 1 is 1.21 bits per heavy atom. The molecule has 5 nitrogen and oxygen atoms in total. The average Bonchev–Trinajstić information content (AvgIpc) is 2.88. The third-order valence-corrected chi connectivity index (χ3v) is 6.24. The summed E-state index contributed by atoms with van der Waals surface area (Å²) in [5.41, 5.74) is 1.66. The lowest BCUT2D eigenvalue weighted by molar-refractivity contribution is -0.134. The molecule has 2 aromatic heterocycles. The number of pyridine rings is 1. The molecular formula is C22H29N3O2S. The molecule has 1 amide bonds. The second-order valence-corrected chi connectivity index (χ2v) is 8.89. The highest BCUT2D eigenvalue weighted by Gasteiger charge is 2.26. The van der Waals surface area contributed by atoms with Crippen molar-refractivity contribution in [1.29, 1.82) is 0 Å². The van der Waals surface area contributed by atoms with Gasteiger partial charge >= 0.3 is 0 Å². The van der Waals surface area contributed by atoms with Gasteiger partial charge in [-0.15, -0.1) is 11.3 Å². The number of rotatable bonds is 7. The van der Waals surface area contributed by atoms with Crippen LogP contribution in [0.5, 0.6) is 0 Å². The van der Waals surface area contributed by atoms with Crippen LogP contribution in [0.2, 0.25) is 0 Å². The van der Waals surface area contributed by atoms with Crippen LogP contribution < -0.4 is 5.32 Å². The fraction of sp³-hybridized carbons (Fsp3) is 0.500. The van der Waals surface area contributed by atoms with Crippen molar-refractivity contribution in [2.45, 2.75) is 58.5 Å². The lowest BCUT2D eigenvalue weighted by atomic mass is 10.0. The van der Waals surface area contributed by atoms with Crippen molar-refractivity contribution in [3.05, 3.63) is 51.5 Å². The van der Waals surface area contributed by atoms with Crippen molar-refractivity contribution in [2.24, 2.45) is 0 Å². The van der Waals surface area contributed by atoms with E-state index in [1.54, 1.807) is 17.5 Å². The number of hydrogen-bond acceptors (Lipinski definition) is 5. The highest BCUT2D eigenvalue weighted by Crippen LogP contribution is 2.23. The number of Topliss-reactive ketones (excluding diaryl/α,β-unsaturated/α-hetero) is 1. The van der Waals surface area contributed by atoms with Gasteiger partial charge in [0.15, 0.2) is 5.78 Å². The molecule has 28 heavy (non-hydrogen) atoms. The van der Waals surface area contributed by atoms with Gasteiger partial charge in [-0.05, 0) is 64.4 Å². The summed E-state index contributed by atoms with van der Waals surface area (Å²) in [5, 5.41) is 3.41. The molecular weight excluding hydrogens is 370 g/mol. The number of aryl methyl sites for hydroxylation is 2. The van der Waals surface area contributed by atoms with E-state index >= 15 is 0 Å². The Balaban J connectivity index is 1.68. The van der Waals surface area contributed by atoms with Gasteiger partial charge < -0.3 is 10.2 Å². The summed E-state index contributed by atoms with van der Waals surface area (Å²) in [6, 6.07) is 7.93. The van der Waals surface area contributed by atoms with Crippen LogP contribution in [-0.2, 0) is 11.3 Å². The van der Waals surface area contributed by atoms with Crippen molar-refractivity contribution in [3.63, 3.8) is 0 Å². The monoisotopic (exact) mass is 399 g/mol. The van der Waals surface area contributed by atoms with Gasteiger partial charge in [0.25, 0.3) is 0 Å². The molecule has 2 aromatic rings. The molecule has 0 radical (unpaired) electrons. The summed E-state index contributed by atoms with van der Waals surface area (Å²) in [6.45, 7) is 6.41. The van der Waals surface area contributed by atoms with E-state index in [1.807, 2.05) is 43.0 Å². The maximum absolute atomic E-state index is 13.1. The molecule has 3 rings (SSSR count). The van der Waals surface area contributed by atoms with Crippen molar-refractivity contribution >= 4 is 23.0 Å². The SMILES string of the molecule is Cc1cc(C(=O)CCC(=O)N(Cc2ccccn2)C2CCCNCC2)c(C)s1. The Labute approximate surface area is 171 Å². The Hall–Kier alpha value is -2.05. The van der Waals surface area contributed by atoms with Gasteiger partial charge in [-0.3, -0.25) is 14.6 Å². The van der Waals surface area contributed by atoms with Gasteiger partial charge in [-0.25, -0.2) is 0 Å². The lowest BCUT2D eigenvalue weighted by Gasteiger charge is -2.31. The lowest BCUT2D eigenvalue weighted by Crippen LogP contribution is -2.40. The molecule has 1 atom stereocenters. The number of ketones is 1. The molecule has 1 unspecified atom stereocenters. The summed E-state index contributed by atoms with van der Waals surface area (Å²) in [5.74, 6) is 0.117. The molecule has 0 aromatic carbocycles. The average molecular weight is 400 g/mol. The van der Waals surface area contributed by atoms with Crippen molar-refractivity contribution in [2.75, 3.05) is 13.1 Å². The topological polar surface area (TPSA) is 62.3 Å². The van der Waals surface area contributed by atoms with Crippen LogP contribution in [0.25, 0.3) is 0 Å². The summed E-state index contributed by atoms with van der Waals surface area (Å²) < 4.78 is 0. The minimum Gasteiger partial charge on any atom is -0.334 e. The van der Waals surface area contributed by atoms with Crippen LogP contribution in [0.1, 0.15) is 57.9 Å². The standard InChI is InChI=1S/C22H29N3O2S/c1-16-14-20(17(2)28-16)21(26)8-9-22(27)25(15-18-6-3-4-12-24-18)19-7-5-11-23-13-10-19/h3-4,6,12,14,19,23H,5,7-11,13,15H2,1-2H3. The minimum absolute atomic E-state index is 0.0514. The third kappa shape index (κ3) is 5.49. The Morgan fingerprint density at radius 3 is 2.79 bits per heavy atom. The van der Waals surface area contributed by atoms with E-state index in [1.165, 1.54) is 0 Å². The number of nitrogens with zero attached hydrogens (tertiary/aromatic N) is 2. The Bertz CT molecular complexity index is 795. The van der Waals surface area contributed by atoms with Crippen LogP contribution in [0.15, 0.2) is 30.5 Å². The van der Waals surface area contributed by atoms with Gasteiger partial charge in [-0.1, -0.05) is 6.07 Å². The first kappa shape index (κ1) is 20.7. The summed E-state index contributed by atoms with van der Waals surface area (Å²) in [6.07, 6.45) is 5.27. The van der Waals surface area contributed by atoms with Crippen LogP contribution in [-0.4, -0.2) is 40.7 Å². The summed E-state index contributed by atoms with van der Waals surface area (Å²) in [4.78, 5) is 34.2. The second-order valence-electron chi connectivity index (χ2n) is 7.43. The molecule has 1 aliphatic rings. The van der Waals surface area contributed by atoms with E-state index in [0.29, 0.717) is 6.54 Å². The number of hydrogen-bond donors (Lipinski definition) is 1. The van der Waals surface area contributed by atoms with Crippen molar-refractivity contribution in [1.82, 2.24) is 15.2 Å². The fourth-order valence-corrected chi connectivity index (χ4v) is 4.75. The van der Waals surface area contributed by atoms with Gasteiger partial charge in [0.1, 0.15) is 0 Å². The molecule has 0 aliphatic carbocycles. The molecule has 1 aliphatic heterocycles. The predicted molar refractivity (Wildman–Crippen MR) is 113 cm³/mol. The summed E-state index contributed by atoms with van der Waals surface area (Å²) >= 11 is 1.63.